The number of hydrogen-bond acceptors (Lipinski definition) is 4. The highest BCUT2D eigenvalue weighted by Gasteiger charge is 2.24. The van der Waals surface area contributed by atoms with Gasteiger partial charge in [-0.3, -0.25) is 9.35 Å². The van der Waals surface area contributed by atoms with Crippen molar-refractivity contribution < 1.29 is 22.9 Å². The Labute approximate surface area is 251 Å². The van der Waals surface area contributed by atoms with Gasteiger partial charge in [0.15, 0.2) is 0 Å². The van der Waals surface area contributed by atoms with Crippen LogP contribution in [0.4, 0.5) is 0 Å². The Morgan fingerprint density at radius 1 is 0.683 bits per heavy atom. The van der Waals surface area contributed by atoms with Crippen molar-refractivity contribution in [2.75, 3.05) is 5.75 Å². The second-order valence-corrected chi connectivity index (χ2v) is 11.8. The molecule has 0 fully saturated rings. The lowest BCUT2D eigenvalue weighted by molar-refractivity contribution is -0.122. The van der Waals surface area contributed by atoms with Gasteiger partial charge in [0, 0.05) is 6.42 Å². The molecule has 0 saturated carbocycles. The van der Waals surface area contributed by atoms with E-state index in [1.165, 1.54) is 6.08 Å². The second-order valence-electron chi connectivity index (χ2n) is 10.3. The summed E-state index contributed by atoms with van der Waals surface area (Å²) in [6.45, 7) is 4.29. The van der Waals surface area contributed by atoms with Crippen LogP contribution in [-0.4, -0.2) is 41.9 Å². The molecule has 0 aromatic rings. The summed E-state index contributed by atoms with van der Waals surface area (Å²) in [5.41, 5.74) is 0. The van der Waals surface area contributed by atoms with E-state index in [0.717, 1.165) is 83.5 Å². The number of allylic oxidation sites excluding steroid dienone is 11. The van der Waals surface area contributed by atoms with Gasteiger partial charge in [-0.2, -0.15) is 8.42 Å². The van der Waals surface area contributed by atoms with E-state index in [4.69, 9.17) is 0 Å². The van der Waals surface area contributed by atoms with Crippen LogP contribution in [0.3, 0.4) is 0 Å². The van der Waals surface area contributed by atoms with Crippen LogP contribution in [0.25, 0.3) is 0 Å². The van der Waals surface area contributed by atoms with Gasteiger partial charge in [-0.25, -0.2) is 0 Å². The zero-order chi connectivity index (χ0) is 30.4. The molecule has 0 rings (SSSR count). The van der Waals surface area contributed by atoms with Crippen molar-refractivity contribution >= 4 is 16.0 Å². The van der Waals surface area contributed by atoms with E-state index in [-0.39, 0.29) is 12.3 Å². The van der Waals surface area contributed by atoms with E-state index < -0.39 is 28.0 Å². The van der Waals surface area contributed by atoms with Crippen molar-refractivity contribution in [1.82, 2.24) is 5.32 Å². The predicted molar refractivity (Wildman–Crippen MR) is 174 cm³/mol. The maximum absolute atomic E-state index is 12.4. The molecule has 0 saturated heterocycles. The number of carbonyl (C=O) groups excluding carboxylic acids is 1. The maximum Gasteiger partial charge on any atom is 0.267 e. The van der Waals surface area contributed by atoms with Crippen molar-refractivity contribution in [2.24, 2.45) is 0 Å². The van der Waals surface area contributed by atoms with Gasteiger partial charge >= 0.3 is 0 Å². The summed E-state index contributed by atoms with van der Waals surface area (Å²) in [6, 6.07) is -1.09. The fourth-order valence-corrected chi connectivity index (χ4v) is 4.76. The summed E-state index contributed by atoms with van der Waals surface area (Å²) in [6.07, 6.45) is 38.8. The van der Waals surface area contributed by atoms with Crippen LogP contribution in [-0.2, 0) is 14.9 Å². The summed E-state index contributed by atoms with van der Waals surface area (Å²) in [5, 5.41) is 13.0. The molecule has 0 heterocycles. The molecule has 0 aliphatic rings. The van der Waals surface area contributed by atoms with Crippen LogP contribution in [0.2, 0.25) is 0 Å². The van der Waals surface area contributed by atoms with Crippen LogP contribution < -0.4 is 5.32 Å². The Kier molecular flexibility index (Phi) is 26.4. The first-order valence-electron chi connectivity index (χ1n) is 15.6. The molecule has 0 aromatic heterocycles. The molecule has 3 N–H and O–H groups in total. The maximum atomic E-state index is 12.4. The Hall–Kier alpha value is -2.22. The Bertz CT molecular complexity index is 915. The molecule has 7 heteroatoms. The number of carbonyl (C=O) groups is 1. The van der Waals surface area contributed by atoms with E-state index in [0.29, 0.717) is 12.8 Å². The molecule has 0 radical (unpaired) electrons. The molecule has 0 aromatic carbocycles. The quantitative estimate of drug-likeness (QED) is 0.0533. The first kappa shape index (κ1) is 38.8. The van der Waals surface area contributed by atoms with E-state index in [9.17, 15) is 22.9 Å². The predicted octanol–water partition coefficient (Wildman–Crippen LogP) is 8.34. The van der Waals surface area contributed by atoms with Crippen LogP contribution in [0.5, 0.6) is 0 Å². The average Bonchev–Trinajstić information content (AvgIpc) is 2.92. The first-order chi connectivity index (χ1) is 19.8. The van der Waals surface area contributed by atoms with Crippen molar-refractivity contribution in [1.29, 1.82) is 0 Å². The fourth-order valence-electron chi connectivity index (χ4n) is 4.03. The number of amides is 1. The third kappa shape index (κ3) is 29.1. The molecule has 2 atom stereocenters. The third-order valence-corrected chi connectivity index (χ3v) is 7.11. The summed E-state index contributed by atoms with van der Waals surface area (Å²) in [7, 11) is -4.36. The zero-order valence-corrected chi connectivity index (χ0v) is 26.4. The van der Waals surface area contributed by atoms with Gasteiger partial charge in [0.1, 0.15) is 0 Å². The average molecular weight is 592 g/mol. The lowest BCUT2D eigenvalue weighted by atomic mass is 10.1. The highest BCUT2D eigenvalue weighted by Crippen LogP contribution is 2.09. The Balaban J connectivity index is 4.19. The lowest BCUT2D eigenvalue weighted by Crippen LogP contribution is -2.46. The molecular weight excluding hydrogens is 534 g/mol. The van der Waals surface area contributed by atoms with Gasteiger partial charge in [-0.05, 0) is 70.6 Å². The Morgan fingerprint density at radius 3 is 1.80 bits per heavy atom. The van der Waals surface area contributed by atoms with Gasteiger partial charge in [0.2, 0.25) is 5.91 Å². The minimum atomic E-state index is -4.36. The third-order valence-electron chi connectivity index (χ3n) is 6.33. The summed E-state index contributed by atoms with van der Waals surface area (Å²) in [4.78, 5) is 12.4. The van der Waals surface area contributed by atoms with Crippen LogP contribution >= 0.6 is 0 Å². The highest BCUT2D eigenvalue weighted by atomic mass is 32.2. The Morgan fingerprint density at radius 2 is 1.20 bits per heavy atom. The normalized spacial score (nSPS) is 14.5. The number of hydrogen-bond donors (Lipinski definition) is 3. The van der Waals surface area contributed by atoms with E-state index in [1.807, 2.05) is 0 Å². The minimum Gasteiger partial charge on any atom is -0.387 e. The SMILES string of the molecule is CC/C=C\C/C=C\C/C=C\CCCCCCCC(=O)NC(CS(=O)(=O)O)C(O)/C=C/CC/C=C/CC/C=C/CCC. The smallest absolute Gasteiger partial charge is 0.267 e. The molecule has 2 unspecified atom stereocenters. The van der Waals surface area contributed by atoms with Crippen molar-refractivity contribution in [3.8, 4) is 0 Å². The molecule has 1 amide bonds. The van der Waals surface area contributed by atoms with Crippen LogP contribution in [0.15, 0.2) is 72.9 Å². The van der Waals surface area contributed by atoms with Gasteiger partial charge < -0.3 is 10.4 Å². The number of unbranched alkanes of at least 4 members (excludes halogenated alkanes) is 8. The van der Waals surface area contributed by atoms with Gasteiger partial charge in [-0.15, -0.1) is 0 Å². The summed E-state index contributed by atoms with van der Waals surface area (Å²) >= 11 is 0. The van der Waals surface area contributed by atoms with E-state index >= 15 is 0 Å². The minimum absolute atomic E-state index is 0.260. The van der Waals surface area contributed by atoms with E-state index in [1.54, 1.807) is 6.08 Å². The molecular formula is C34H57NO5S. The molecule has 6 nitrogen and oxygen atoms in total. The summed E-state index contributed by atoms with van der Waals surface area (Å²) < 4.78 is 32.2. The second kappa shape index (κ2) is 27.9. The van der Waals surface area contributed by atoms with Crippen molar-refractivity contribution in [3.05, 3.63) is 72.9 Å². The molecule has 0 aliphatic carbocycles. The molecule has 234 valence electrons. The van der Waals surface area contributed by atoms with Gasteiger partial charge in [-0.1, -0.05) is 112 Å². The molecule has 41 heavy (non-hydrogen) atoms. The molecule has 0 bridgehead atoms. The van der Waals surface area contributed by atoms with Crippen LogP contribution in [0.1, 0.15) is 117 Å². The molecule has 0 aliphatic heterocycles. The van der Waals surface area contributed by atoms with Gasteiger partial charge in [0.05, 0.1) is 17.9 Å². The number of aliphatic hydroxyl groups excluding tert-OH is 1. The summed E-state index contributed by atoms with van der Waals surface area (Å²) in [5.74, 6) is -1.04. The number of aliphatic hydroxyl groups is 1. The van der Waals surface area contributed by atoms with Crippen molar-refractivity contribution in [2.45, 2.75) is 129 Å². The highest BCUT2D eigenvalue weighted by molar-refractivity contribution is 7.85. The fraction of sp³-hybridized carbons (Fsp3) is 0.618. The van der Waals surface area contributed by atoms with Crippen LogP contribution in [0, 0.1) is 0 Å². The van der Waals surface area contributed by atoms with Crippen molar-refractivity contribution in [3.63, 3.8) is 0 Å². The number of rotatable bonds is 26. The monoisotopic (exact) mass is 591 g/mol. The topological polar surface area (TPSA) is 104 Å². The largest absolute Gasteiger partial charge is 0.387 e. The number of nitrogens with one attached hydrogen (secondary N) is 1. The van der Waals surface area contributed by atoms with Gasteiger partial charge in [0.25, 0.3) is 10.1 Å². The lowest BCUT2D eigenvalue weighted by Gasteiger charge is -2.21. The zero-order valence-electron chi connectivity index (χ0n) is 25.6. The first-order valence-corrected chi connectivity index (χ1v) is 17.2. The standard InChI is InChI=1S/C34H57NO5S/c1-3-5-7-9-11-13-15-16-17-18-20-22-24-26-28-30-34(37)35-32(31-41(38,39)40)33(36)29-27-25-23-21-19-14-12-10-8-6-4-2/h5,7-8,10-11,13,16-17,19,21,27,29,32-33,36H,3-4,6,9,12,14-15,18,20,22-26,28,30-31H2,1-2H3,(H,35,37)(H,38,39,40)/b7-5-,10-8+,13-11-,17-16-,21-19+,29-27+. The van der Waals surface area contributed by atoms with E-state index in [2.05, 4.69) is 79.9 Å². The molecule has 0 spiro atoms.